The Morgan fingerprint density at radius 3 is 2.53 bits per heavy atom. The molecule has 0 spiro atoms. The number of rotatable bonds is 3. The predicted octanol–water partition coefficient (Wildman–Crippen LogP) is 4.08. The van der Waals surface area contributed by atoms with Crippen molar-refractivity contribution in [2.75, 3.05) is 0 Å². The number of ether oxygens (including phenoxy) is 1. The van der Waals surface area contributed by atoms with E-state index >= 15 is 0 Å². The van der Waals surface area contributed by atoms with Crippen LogP contribution in [-0.2, 0) is 4.74 Å². The Morgan fingerprint density at radius 2 is 1.95 bits per heavy atom. The minimum atomic E-state index is -0.544. The van der Waals surface area contributed by atoms with Gasteiger partial charge < -0.3 is 4.74 Å². The van der Waals surface area contributed by atoms with Gasteiger partial charge in [-0.25, -0.2) is 10.2 Å². The third kappa shape index (κ3) is 5.27. The molecule has 0 radical (unpaired) electrons. The van der Waals surface area contributed by atoms with E-state index in [2.05, 4.69) is 10.9 Å². The first-order valence-corrected chi connectivity index (χ1v) is 6.64. The van der Waals surface area contributed by atoms with Gasteiger partial charge in [-0.1, -0.05) is 35.3 Å². The molecule has 0 saturated carbocycles. The Labute approximate surface area is 123 Å². The van der Waals surface area contributed by atoms with E-state index in [9.17, 15) is 4.79 Å². The average molecular weight is 305 g/mol. The second kappa shape index (κ2) is 6.46. The van der Waals surface area contributed by atoms with Crippen molar-refractivity contribution in [3.63, 3.8) is 0 Å². The van der Waals surface area contributed by atoms with Crippen molar-refractivity contribution in [1.29, 1.82) is 0 Å². The van der Waals surface area contributed by atoms with Crippen LogP contribution < -0.4 is 10.9 Å². The fourth-order valence-corrected chi connectivity index (χ4v) is 1.87. The van der Waals surface area contributed by atoms with Crippen LogP contribution in [0.5, 0.6) is 0 Å². The van der Waals surface area contributed by atoms with Gasteiger partial charge in [-0.3, -0.25) is 5.43 Å². The Hall–Kier alpha value is -0.970. The molecule has 1 aromatic rings. The molecule has 1 atom stereocenters. The quantitative estimate of drug-likeness (QED) is 0.827. The highest BCUT2D eigenvalue weighted by atomic mass is 35.5. The van der Waals surface area contributed by atoms with E-state index in [1.54, 1.807) is 32.9 Å². The number of hydrazine groups is 1. The fraction of sp³-hybridized carbons (Fsp3) is 0.462. The molecule has 0 fully saturated rings. The molecule has 0 saturated heterocycles. The van der Waals surface area contributed by atoms with Crippen LogP contribution >= 0.6 is 23.2 Å². The minimum Gasteiger partial charge on any atom is -0.443 e. The molecule has 0 aliphatic heterocycles. The summed E-state index contributed by atoms with van der Waals surface area (Å²) in [5.41, 5.74) is 5.55. The lowest BCUT2D eigenvalue weighted by Crippen LogP contribution is -2.42. The summed E-state index contributed by atoms with van der Waals surface area (Å²) in [6.45, 7) is 7.24. The first-order chi connectivity index (χ1) is 8.70. The van der Waals surface area contributed by atoms with Gasteiger partial charge in [0.05, 0.1) is 10.0 Å². The highest BCUT2D eigenvalue weighted by molar-refractivity contribution is 6.42. The zero-order chi connectivity index (χ0) is 14.6. The summed E-state index contributed by atoms with van der Waals surface area (Å²) in [7, 11) is 0. The second-order valence-electron chi connectivity index (χ2n) is 5.14. The monoisotopic (exact) mass is 304 g/mol. The number of carbonyl (C=O) groups is 1. The van der Waals surface area contributed by atoms with E-state index in [1.807, 2.05) is 13.0 Å². The largest absolute Gasteiger partial charge is 0.443 e. The highest BCUT2D eigenvalue weighted by Crippen LogP contribution is 2.29. The number of halogens is 2. The molecular formula is C13H18Cl2N2O2. The van der Waals surface area contributed by atoms with Gasteiger partial charge in [-0.05, 0) is 39.3 Å². The number of carbonyl (C=O) groups excluding carboxylic acids is 1. The van der Waals surface area contributed by atoms with Gasteiger partial charge in [0.25, 0.3) is 0 Å². The number of benzene rings is 1. The van der Waals surface area contributed by atoms with Crippen molar-refractivity contribution < 1.29 is 9.53 Å². The Morgan fingerprint density at radius 1 is 1.32 bits per heavy atom. The van der Waals surface area contributed by atoms with Crippen molar-refractivity contribution in [3.8, 4) is 0 Å². The van der Waals surface area contributed by atoms with Crippen LogP contribution in [-0.4, -0.2) is 11.7 Å². The molecule has 19 heavy (non-hydrogen) atoms. The fourth-order valence-electron chi connectivity index (χ4n) is 1.40. The molecule has 0 aliphatic rings. The molecule has 4 nitrogen and oxygen atoms in total. The predicted molar refractivity (Wildman–Crippen MR) is 77.4 cm³/mol. The van der Waals surface area contributed by atoms with Crippen molar-refractivity contribution >= 4 is 29.3 Å². The molecule has 2 N–H and O–H groups in total. The summed E-state index contributed by atoms with van der Waals surface area (Å²) in [6, 6.07) is 5.15. The van der Waals surface area contributed by atoms with Crippen LogP contribution in [0, 0.1) is 0 Å². The number of hydrogen-bond donors (Lipinski definition) is 2. The molecule has 0 aromatic heterocycles. The second-order valence-corrected chi connectivity index (χ2v) is 5.92. The van der Waals surface area contributed by atoms with Crippen molar-refractivity contribution in [3.05, 3.63) is 33.8 Å². The van der Waals surface area contributed by atoms with E-state index in [0.717, 1.165) is 5.56 Å². The van der Waals surface area contributed by atoms with Crippen molar-refractivity contribution in [2.24, 2.45) is 0 Å². The number of amides is 1. The van der Waals surface area contributed by atoms with Gasteiger partial charge in [-0.15, -0.1) is 0 Å². The van der Waals surface area contributed by atoms with E-state index in [-0.39, 0.29) is 6.04 Å². The van der Waals surface area contributed by atoms with Gasteiger partial charge in [0.2, 0.25) is 0 Å². The topological polar surface area (TPSA) is 50.4 Å². The number of hydrogen-bond acceptors (Lipinski definition) is 3. The molecule has 1 rings (SSSR count). The highest BCUT2D eigenvalue weighted by Gasteiger charge is 2.17. The minimum absolute atomic E-state index is 0.196. The van der Waals surface area contributed by atoms with Crippen LogP contribution in [0.3, 0.4) is 0 Å². The van der Waals surface area contributed by atoms with Crippen LogP contribution in [0.25, 0.3) is 0 Å². The van der Waals surface area contributed by atoms with Crippen LogP contribution in [0.2, 0.25) is 10.0 Å². The third-order valence-electron chi connectivity index (χ3n) is 2.24. The standard InChI is InChI=1S/C13H18Cl2N2O2/c1-8(9-6-5-7-10(14)11(9)15)16-17-12(18)19-13(2,3)4/h5-8,16H,1-4H3,(H,17,18). The lowest BCUT2D eigenvalue weighted by atomic mass is 10.1. The van der Waals surface area contributed by atoms with E-state index in [4.69, 9.17) is 27.9 Å². The summed E-state index contributed by atoms with van der Waals surface area (Å²) < 4.78 is 5.11. The Bertz CT molecular complexity index is 458. The van der Waals surface area contributed by atoms with E-state index in [0.29, 0.717) is 10.0 Å². The maximum Gasteiger partial charge on any atom is 0.422 e. The molecule has 1 unspecified atom stereocenters. The zero-order valence-corrected chi connectivity index (χ0v) is 12.9. The summed E-state index contributed by atoms with van der Waals surface area (Å²) in [6.07, 6.45) is -0.544. The van der Waals surface area contributed by atoms with Crippen molar-refractivity contribution in [2.45, 2.75) is 39.3 Å². The summed E-state index contributed by atoms with van der Waals surface area (Å²) in [5.74, 6) is 0. The molecule has 6 heteroatoms. The van der Waals surface area contributed by atoms with Gasteiger partial charge in [0.1, 0.15) is 5.60 Å². The first kappa shape index (κ1) is 16.1. The maximum absolute atomic E-state index is 11.5. The number of nitrogens with one attached hydrogen (secondary N) is 2. The molecule has 1 aromatic carbocycles. The molecule has 0 heterocycles. The Kier molecular flexibility index (Phi) is 5.47. The van der Waals surface area contributed by atoms with Gasteiger partial charge in [0, 0.05) is 6.04 Å². The zero-order valence-electron chi connectivity index (χ0n) is 11.4. The molecule has 106 valence electrons. The normalized spacial score (nSPS) is 12.9. The van der Waals surface area contributed by atoms with Crippen LogP contribution in [0.15, 0.2) is 18.2 Å². The summed E-state index contributed by atoms with van der Waals surface area (Å²) >= 11 is 12.0. The van der Waals surface area contributed by atoms with Gasteiger partial charge >= 0.3 is 6.09 Å². The third-order valence-corrected chi connectivity index (χ3v) is 3.07. The van der Waals surface area contributed by atoms with E-state index < -0.39 is 11.7 Å². The Balaban J connectivity index is 2.59. The summed E-state index contributed by atoms with van der Waals surface area (Å²) in [5, 5.41) is 0.945. The smallest absolute Gasteiger partial charge is 0.422 e. The van der Waals surface area contributed by atoms with Crippen LogP contribution in [0.4, 0.5) is 4.79 Å². The van der Waals surface area contributed by atoms with Gasteiger partial charge in [0.15, 0.2) is 0 Å². The first-order valence-electron chi connectivity index (χ1n) is 5.89. The van der Waals surface area contributed by atoms with Crippen LogP contribution in [0.1, 0.15) is 39.3 Å². The maximum atomic E-state index is 11.5. The average Bonchev–Trinajstić information content (AvgIpc) is 2.27. The summed E-state index contributed by atoms with van der Waals surface area (Å²) in [4.78, 5) is 11.5. The molecule has 1 amide bonds. The van der Waals surface area contributed by atoms with E-state index in [1.165, 1.54) is 0 Å². The molecule has 0 bridgehead atoms. The van der Waals surface area contributed by atoms with Crippen molar-refractivity contribution in [1.82, 2.24) is 10.9 Å². The SMILES string of the molecule is CC(NNC(=O)OC(C)(C)C)c1cccc(Cl)c1Cl. The lowest BCUT2D eigenvalue weighted by molar-refractivity contribution is 0.0489. The lowest BCUT2D eigenvalue weighted by Gasteiger charge is -2.22. The molecule has 0 aliphatic carbocycles. The van der Waals surface area contributed by atoms with Gasteiger partial charge in [-0.2, -0.15) is 0 Å². The molecular weight excluding hydrogens is 287 g/mol.